The minimum absolute atomic E-state index is 0. The molecule has 142 valence electrons. The Morgan fingerprint density at radius 1 is 1.23 bits per heavy atom. The van der Waals surface area contributed by atoms with Crippen molar-refractivity contribution in [2.24, 2.45) is 0 Å². The van der Waals surface area contributed by atoms with Crippen molar-refractivity contribution >= 4 is 28.3 Å². The molecule has 2 atom stereocenters. The molecule has 1 aromatic carbocycles. The van der Waals surface area contributed by atoms with Crippen LogP contribution < -0.4 is 10.6 Å². The maximum absolute atomic E-state index is 12.6. The summed E-state index contributed by atoms with van der Waals surface area (Å²) in [6.45, 7) is 4.89. The third-order valence-electron chi connectivity index (χ3n) is 4.60. The molecule has 1 fully saturated rings. The van der Waals surface area contributed by atoms with E-state index < -0.39 is 10.0 Å². The van der Waals surface area contributed by atoms with Crippen LogP contribution >= 0.6 is 12.4 Å². The van der Waals surface area contributed by atoms with Gasteiger partial charge >= 0.3 is 0 Å². The molecule has 0 radical (unpaired) electrons. The third-order valence-corrected chi connectivity index (χ3v) is 6.25. The van der Waals surface area contributed by atoms with E-state index in [-0.39, 0.29) is 35.3 Å². The van der Waals surface area contributed by atoms with E-state index in [1.54, 1.807) is 24.3 Å². The van der Waals surface area contributed by atoms with Crippen LogP contribution in [0.1, 0.15) is 35.7 Å². The first kappa shape index (κ1) is 20.5. The SMILES string of the molecule is Cc1ccc(S(=O)(=O)n2ccc(C(=O)NC3CCCNC3C)c2)cc1.Cl. The van der Waals surface area contributed by atoms with Crippen molar-refractivity contribution in [1.82, 2.24) is 14.6 Å². The van der Waals surface area contributed by atoms with Gasteiger partial charge in [-0.25, -0.2) is 12.4 Å². The van der Waals surface area contributed by atoms with Crippen molar-refractivity contribution < 1.29 is 13.2 Å². The zero-order chi connectivity index (χ0) is 18.0. The number of hydrogen-bond donors (Lipinski definition) is 2. The average Bonchev–Trinajstić information content (AvgIpc) is 3.08. The monoisotopic (exact) mass is 397 g/mol. The number of benzene rings is 1. The molecule has 8 heteroatoms. The van der Waals surface area contributed by atoms with Gasteiger partial charge in [0.05, 0.1) is 10.5 Å². The Morgan fingerprint density at radius 2 is 1.92 bits per heavy atom. The normalized spacial score (nSPS) is 20.2. The van der Waals surface area contributed by atoms with Crippen LogP contribution in [-0.2, 0) is 10.0 Å². The number of carbonyl (C=O) groups excluding carboxylic acids is 1. The highest BCUT2D eigenvalue weighted by Gasteiger charge is 2.24. The highest BCUT2D eigenvalue weighted by molar-refractivity contribution is 7.90. The van der Waals surface area contributed by atoms with Gasteiger partial charge in [0, 0.05) is 24.5 Å². The quantitative estimate of drug-likeness (QED) is 0.829. The molecule has 2 heterocycles. The van der Waals surface area contributed by atoms with Gasteiger partial charge in [0.2, 0.25) is 0 Å². The molecular formula is C18H24ClN3O3S. The number of amides is 1. The lowest BCUT2D eigenvalue weighted by Gasteiger charge is -2.30. The fourth-order valence-electron chi connectivity index (χ4n) is 2.99. The van der Waals surface area contributed by atoms with Crippen molar-refractivity contribution in [3.05, 3.63) is 53.9 Å². The summed E-state index contributed by atoms with van der Waals surface area (Å²) in [7, 11) is -3.69. The molecule has 2 aromatic rings. The van der Waals surface area contributed by atoms with Gasteiger partial charge < -0.3 is 10.6 Å². The molecule has 3 rings (SSSR count). The topological polar surface area (TPSA) is 80.2 Å². The van der Waals surface area contributed by atoms with Gasteiger partial charge in [0.25, 0.3) is 15.9 Å². The Bertz CT molecular complexity index is 862. The Labute approximate surface area is 160 Å². The summed E-state index contributed by atoms with van der Waals surface area (Å²) in [5.41, 5.74) is 1.33. The molecule has 1 amide bonds. The largest absolute Gasteiger partial charge is 0.348 e. The van der Waals surface area contributed by atoms with E-state index in [2.05, 4.69) is 10.6 Å². The van der Waals surface area contributed by atoms with Gasteiger partial charge in [-0.2, -0.15) is 0 Å². The summed E-state index contributed by atoms with van der Waals surface area (Å²) in [6, 6.07) is 8.43. The van der Waals surface area contributed by atoms with Gasteiger partial charge in [-0.1, -0.05) is 17.7 Å². The smallest absolute Gasteiger partial charge is 0.267 e. The number of nitrogens with zero attached hydrogens (tertiary/aromatic N) is 1. The Morgan fingerprint density at radius 3 is 2.58 bits per heavy atom. The molecule has 6 nitrogen and oxygen atoms in total. The lowest BCUT2D eigenvalue weighted by Crippen LogP contribution is -2.51. The number of carbonyl (C=O) groups is 1. The maximum Gasteiger partial charge on any atom is 0.267 e. The van der Waals surface area contributed by atoms with Gasteiger partial charge in [-0.3, -0.25) is 4.79 Å². The molecule has 0 saturated carbocycles. The molecule has 1 saturated heterocycles. The molecule has 1 aromatic heterocycles. The molecule has 1 aliphatic heterocycles. The number of rotatable bonds is 4. The van der Waals surface area contributed by atoms with Crippen LogP contribution in [0.4, 0.5) is 0 Å². The summed E-state index contributed by atoms with van der Waals surface area (Å²) in [5, 5.41) is 6.32. The van der Waals surface area contributed by atoms with E-state index in [0.717, 1.165) is 28.9 Å². The predicted molar refractivity (Wildman–Crippen MR) is 103 cm³/mol. The van der Waals surface area contributed by atoms with Crippen molar-refractivity contribution in [3.8, 4) is 0 Å². The van der Waals surface area contributed by atoms with E-state index in [1.807, 2.05) is 13.8 Å². The molecule has 2 N–H and O–H groups in total. The number of aryl methyl sites for hydroxylation is 1. The van der Waals surface area contributed by atoms with E-state index in [4.69, 9.17) is 0 Å². The number of piperidine rings is 1. The minimum atomic E-state index is -3.69. The summed E-state index contributed by atoms with van der Waals surface area (Å²) >= 11 is 0. The fourth-order valence-corrected chi connectivity index (χ4v) is 4.18. The average molecular weight is 398 g/mol. The lowest BCUT2D eigenvalue weighted by atomic mass is 9.99. The molecule has 2 unspecified atom stereocenters. The molecule has 0 bridgehead atoms. The van der Waals surface area contributed by atoms with Crippen molar-refractivity contribution in [2.75, 3.05) is 6.54 Å². The van der Waals surface area contributed by atoms with Crippen molar-refractivity contribution in [1.29, 1.82) is 0 Å². The summed E-state index contributed by atoms with van der Waals surface area (Å²) in [5.74, 6) is -0.251. The number of aromatic nitrogens is 1. The van der Waals surface area contributed by atoms with Crippen LogP contribution in [0.15, 0.2) is 47.6 Å². The second kappa shape index (κ2) is 8.24. The Kier molecular flexibility index (Phi) is 6.49. The van der Waals surface area contributed by atoms with Crippen LogP contribution in [0, 0.1) is 6.92 Å². The van der Waals surface area contributed by atoms with Crippen LogP contribution in [0.5, 0.6) is 0 Å². The zero-order valence-corrected chi connectivity index (χ0v) is 16.4. The number of nitrogens with one attached hydrogen (secondary N) is 2. The minimum Gasteiger partial charge on any atom is -0.348 e. The molecular weight excluding hydrogens is 374 g/mol. The van der Waals surface area contributed by atoms with Gasteiger partial charge in [-0.15, -0.1) is 12.4 Å². The molecule has 26 heavy (non-hydrogen) atoms. The van der Waals surface area contributed by atoms with Gasteiger partial charge in [-0.05, 0) is 51.4 Å². The first-order valence-corrected chi connectivity index (χ1v) is 9.86. The predicted octanol–water partition coefficient (Wildman–Crippen LogP) is 2.33. The highest BCUT2D eigenvalue weighted by Crippen LogP contribution is 2.16. The van der Waals surface area contributed by atoms with Crippen LogP contribution in [0.25, 0.3) is 0 Å². The summed E-state index contributed by atoms with van der Waals surface area (Å²) < 4.78 is 26.4. The third kappa shape index (κ3) is 4.28. The maximum atomic E-state index is 12.6. The van der Waals surface area contributed by atoms with Crippen molar-refractivity contribution in [2.45, 2.75) is 43.7 Å². The van der Waals surface area contributed by atoms with Crippen LogP contribution in [0.3, 0.4) is 0 Å². The zero-order valence-electron chi connectivity index (χ0n) is 14.8. The van der Waals surface area contributed by atoms with Crippen molar-refractivity contribution in [3.63, 3.8) is 0 Å². The first-order valence-electron chi connectivity index (χ1n) is 8.42. The van der Waals surface area contributed by atoms with E-state index >= 15 is 0 Å². The first-order chi connectivity index (χ1) is 11.9. The second-order valence-corrected chi connectivity index (χ2v) is 8.36. The molecule has 0 spiro atoms. The van der Waals surface area contributed by atoms with E-state index in [0.29, 0.717) is 5.56 Å². The Hall–Kier alpha value is -1.83. The lowest BCUT2D eigenvalue weighted by molar-refractivity contribution is 0.0920. The second-order valence-electron chi connectivity index (χ2n) is 6.51. The number of hydrogen-bond acceptors (Lipinski definition) is 4. The van der Waals surface area contributed by atoms with Crippen LogP contribution in [-0.4, -0.2) is 36.9 Å². The molecule has 1 aliphatic rings. The van der Waals surface area contributed by atoms with Gasteiger partial charge in [0.15, 0.2) is 0 Å². The summed E-state index contributed by atoms with van der Waals surface area (Å²) in [4.78, 5) is 12.6. The van der Waals surface area contributed by atoms with E-state index in [1.165, 1.54) is 18.5 Å². The Balaban J connectivity index is 0.00000243. The van der Waals surface area contributed by atoms with E-state index in [9.17, 15) is 13.2 Å². The van der Waals surface area contributed by atoms with Gasteiger partial charge in [0.1, 0.15) is 0 Å². The summed E-state index contributed by atoms with van der Waals surface area (Å²) in [6.07, 6.45) is 4.71. The fraction of sp³-hybridized carbons (Fsp3) is 0.389. The standard InChI is InChI=1S/C18H23N3O3S.ClH/c1-13-5-7-16(8-6-13)25(23,24)21-11-9-15(12-21)18(22)20-17-4-3-10-19-14(17)2;/h5-9,11-12,14,17,19H,3-4,10H2,1-2H3,(H,20,22);1H. The highest BCUT2D eigenvalue weighted by atomic mass is 35.5. The molecule has 0 aliphatic carbocycles. The van der Waals surface area contributed by atoms with Crippen LogP contribution in [0.2, 0.25) is 0 Å². The number of halogens is 1.